The predicted octanol–water partition coefficient (Wildman–Crippen LogP) is 5.95. The van der Waals surface area contributed by atoms with Crippen LogP contribution in [0.1, 0.15) is 122 Å². The number of aryl methyl sites for hydroxylation is 1. The lowest BCUT2D eigenvalue weighted by atomic mass is 9.86. The van der Waals surface area contributed by atoms with Gasteiger partial charge in [-0.2, -0.15) is 0 Å². The Hall–Kier alpha value is -2.35. The number of amides is 1. The second kappa shape index (κ2) is 10.8. The lowest BCUT2D eigenvalue weighted by Gasteiger charge is -2.40. The molecule has 3 heterocycles. The number of hydrogen-bond donors (Lipinski definition) is 1. The topological polar surface area (TPSA) is 63.1 Å². The summed E-state index contributed by atoms with van der Waals surface area (Å²) in [5, 5.41) is 10.8. The molecular formula is C29H41F2N5O. The van der Waals surface area contributed by atoms with E-state index >= 15 is 0 Å². The van der Waals surface area contributed by atoms with Crippen LogP contribution in [0.3, 0.4) is 0 Å². The van der Waals surface area contributed by atoms with E-state index in [0.717, 1.165) is 12.8 Å². The number of aromatic nitrogens is 3. The first-order valence-electron chi connectivity index (χ1n) is 18.4. The monoisotopic (exact) mass is 524 g/mol. The zero-order valence-electron chi connectivity index (χ0n) is 32.0. The molecule has 1 aromatic carbocycles. The molecule has 2 aliphatic heterocycles. The van der Waals surface area contributed by atoms with E-state index in [1.807, 2.05) is 13.8 Å². The molecule has 3 unspecified atom stereocenters. The van der Waals surface area contributed by atoms with Crippen molar-refractivity contribution in [2.45, 2.75) is 114 Å². The molecule has 1 N–H and O–H groups in total. The van der Waals surface area contributed by atoms with Crippen molar-refractivity contribution in [3.8, 4) is 0 Å². The van der Waals surface area contributed by atoms with Crippen molar-refractivity contribution >= 4 is 5.91 Å². The number of rotatable bonds is 8. The SMILES string of the molecule is [2H]C([2H])([2H])c1nnc(C(C)C)n1C1CC2CCC(C1)N2CCC(NC(=O)C1C([2H])([2H])C([2H])([2H])C(F)(F)C([2H])([2H])C1([2H])[2H])c1ccccc1. The first-order chi connectivity index (χ1) is 22.0. The number of nitrogens with zero attached hydrogens (tertiary/aromatic N) is 4. The summed E-state index contributed by atoms with van der Waals surface area (Å²) >= 11 is 0. The maximum absolute atomic E-state index is 15.0. The molecule has 1 amide bonds. The van der Waals surface area contributed by atoms with Gasteiger partial charge in [-0.25, -0.2) is 8.78 Å². The first kappa shape index (κ1) is 15.9. The van der Waals surface area contributed by atoms with E-state index in [0.29, 0.717) is 30.8 Å². The highest BCUT2D eigenvalue weighted by Crippen LogP contribution is 2.42. The van der Waals surface area contributed by atoms with Crippen LogP contribution in [0.2, 0.25) is 0 Å². The third-order valence-corrected chi connectivity index (χ3v) is 7.67. The third-order valence-electron chi connectivity index (χ3n) is 7.67. The average Bonchev–Trinajstić information content (AvgIpc) is 3.53. The largest absolute Gasteiger partial charge is 0.349 e. The average molecular weight is 525 g/mol. The minimum absolute atomic E-state index is 0.0372. The Balaban J connectivity index is 1.38. The highest BCUT2D eigenvalue weighted by molar-refractivity contribution is 5.79. The number of halogens is 2. The van der Waals surface area contributed by atoms with Crippen molar-refractivity contribution in [2.75, 3.05) is 6.54 Å². The van der Waals surface area contributed by atoms with Gasteiger partial charge in [0, 0.05) is 64.3 Å². The minimum atomic E-state index is -5.08. The molecule has 0 radical (unpaired) electrons. The minimum Gasteiger partial charge on any atom is -0.349 e. The number of carbonyl (C=O) groups excluding carboxylic acids is 1. The van der Waals surface area contributed by atoms with E-state index in [-0.39, 0.29) is 36.3 Å². The standard InChI is InChI=1S/C29H41F2N5O/c1-19(2)27-34-33-20(3)36(27)25-17-23-9-10-24(18-25)35(23)16-13-26(21-7-5-4-6-8-21)32-28(37)22-11-14-29(30,31)15-12-22/h4-8,19,22-26H,9-18H2,1-3H3,(H,32,37)/i3D3,11D2,12D2,14D2,15D2. The zero-order chi connectivity index (χ0) is 35.8. The van der Waals surface area contributed by atoms with Crippen LogP contribution < -0.4 is 5.32 Å². The zero-order valence-corrected chi connectivity index (χ0v) is 21.0. The van der Waals surface area contributed by atoms with Crippen LogP contribution in [-0.2, 0) is 4.79 Å². The van der Waals surface area contributed by atoms with Gasteiger partial charge in [-0.1, -0.05) is 44.2 Å². The summed E-state index contributed by atoms with van der Waals surface area (Å²) in [5.74, 6) is -8.70. The van der Waals surface area contributed by atoms with Crippen molar-refractivity contribution < 1.29 is 28.7 Å². The fraction of sp³-hybridized carbons (Fsp3) is 0.690. The van der Waals surface area contributed by atoms with Gasteiger partial charge in [0.2, 0.25) is 11.8 Å². The van der Waals surface area contributed by atoms with E-state index in [1.54, 1.807) is 34.9 Å². The second-order valence-corrected chi connectivity index (χ2v) is 10.5. The molecule has 1 aliphatic carbocycles. The lowest BCUT2D eigenvalue weighted by Crippen LogP contribution is -2.45. The molecule has 6 nitrogen and oxygen atoms in total. The number of hydrogen-bond acceptors (Lipinski definition) is 4. The fourth-order valence-corrected chi connectivity index (χ4v) is 5.94. The van der Waals surface area contributed by atoms with Crippen molar-refractivity contribution in [3.05, 3.63) is 47.5 Å². The summed E-state index contributed by atoms with van der Waals surface area (Å²) in [6.07, 6.45) is -12.7. The molecule has 1 saturated carbocycles. The molecule has 0 spiro atoms. The number of benzene rings is 1. The van der Waals surface area contributed by atoms with Gasteiger partial charge in [0.15, 0.2) is 0 Å². The lowest BCUT2D eigenvalue weighted by molar-refractivity contribution is -0.130. The van der Waals surface area contributed by atoms with Gasteiger partial charge in [0.25, 0.3) is 0 Å². The van der Waals surface area contributed by atoms with Crippen LogP contribution >= 0.6 is 0 Å². The normalized spacial score (nSPS) is 37.1. The fourth-order valence-electron chi connectivity index (χ4n) is 5.94. The number of alkyl halides is 2. The third kappa shape index (κ3) is 5.74. The Morgan fingerprint density at radius 3 is 2.43 bits per heavy atom. The Kier molecular flexibility index (Phi) is 4.64. The van der Waals surface area contributed by atoms with E-state index in [9.17, 15) is 13.6 Å². The van der Waals surface area contributed by atoms with Gasteiger partial charge in [0.05, 0.1) is 6.04 Å². The Labute approximate surface area is 234 Å². The molecule has 3 atom stereocenters. The van der Waals surface area contributed by atoms with Crippen LogP contribution in [0, 0.1) is 12.8 Å². The van der Waals surface area contributed by atoms with E-state index in [4.69, 9.17) is 15.1 Å². The maximum Gasteiger partial charge on any atom is 0.248 e. The first-order valence-corrected chi connectivity index (χ1v) is 12.9. The van der Waals surface area contributed by atoms with Crippen LogP contribution in [0.15, 0.2) is 30.3 Å². The number of nitrogens with one attached hydrogen (secondary N) is 1. The summed E-state index contributed by atoms with van der Waals surface area (Å²) in [6, 6.07) is 7.66. The smallest absolute Gasteiger partial charge is 0.248 e. The molecule has 1 aromatic heterocycles. The summed E-state index contributed by atoms with van der Waals surface area (Å²) in [7, 11) is 0. The quantitative estimate of drug-likeness (QED) is 0.463. The Morgan fingerprint density at radius 2 is 1.81 bits per heavy atom. The summed E-state index contributed by atoms with van der Waals surface area (Å²) in [5.41, 5.74) is 0.565. The molecule has 5 rings (SSSR count). The van der Waals surface area contributed by atoms with Crippen molar-refractivity contribution in [2.24, 2.45) is 5.92 Å². The maximum atomic E-state index is 15.0. The highest BCUT2D eigenvalue weighted by Gasteiger charge is 2.42. The van der Waals surface area contributed by atoms with E-state index in [1.165, 1.54) is 0 Å². The van der Waals surface area contributed by atoms with Gasteiger partial charge < -0.3 is 9.88 Å². The molecule has 3 fully saturated rings. The van der Waals surface area contributed by atoms with E-state index < -0.39 is 56.1 Å². The molecule has 3 aliphatic rings. The van der Waals surface area contributed by atoms with Crippen LogP contribution in [-0.4, -0.2) is 50.1 Å². The molecule has 202 valence electrons. The predicted molar refractivity (Wildman–Crippen MR) is 139 cm³/mol. The molecular weight excluding hydrogens is 472 g/mol. The highest BCUT2D eigenvalue weighted by atomic mass is 19.3. The number of carbonyl (C=O) groups is 1. The number of piperidine rings is 1. The van der Waals surface area contributed by atoms with Gasteiger partial charge in [-0.05, 0) is 57.3 Å². The van der Waals surface area contributed by atoms with Crippen molar-refractivity contribution in [3.63, 3.8) is 0 Å². The van der Waals surface area contributed by atoms with Crippen LogP contribution in [0.25, 0.3) is 0 Å². The van der Waals surface area contributed by atoms with Crippen molar-refractivity contribution in [1.82, 2.24) is 25.0 Å². The molecule has 2 bridgehead atoms. The van der Waals surface area contributed by atoms with E-state index in [2.05, 4.69) is 20.4 Å². The van der Waals surface area contributed by atoms with Gasteiger partial charge in [0.1, 0.15) is 11.6 Å². The Bertz CT molecular complexity index is 1460. The van der Waals surface area contributed by atoms with Gasteiger partial charge >= 0.3 is 0 Å². The number of fused-ring (bicyclic) bond motifs is 2. The van der Waals surface area contributed by atoms with Crippen LogP contribution in [0.5, 0.6) is 0 Å². The molecule has 37 heavy (non-hydrogen) atoms. The second-order valence-electron chi connectivity index (χ2n) is 10.5. The summed E-state index contributed by atoms with van der Waals surface area (Å²) in [6.45, 7) is 1.86. The molecule has 2 aromatic rings. The summed E-state index contributed by atoms with van der Waals surface area (Å²) in [4.78, 5) is 16.0. The van der Waals surface area contributed by atoms with Crippen molar-refractivity contribution in [1.29, 1.82) is 0 Å². The summed E-state index contributed by atoms with van der Waals surface area (Å²) < 4.78 is 120. The molecule has 2 saturated heterocycles. The van der Waals surface area contributed by atoms with Gasteiger partial charge in [-0.3, -0.25) is 9.69 Å². The van der Waals surface area contributed by atoms with Crippen LogP contribution in [0.4, 0.5) is 8.78 Å². The van der Waals surface area contributed by atoms with Gasteiger partial charge in [-0.15, -0.1) is 10.2 Å². The molecule has 8 heteroatoms. The Morgan fingerprint density at radius 1 is 1.14 bits per heavy atom.